The molecule has 0 amide bonds. The van der Waals surface area contributed by atoms with Crippen LogP contribution in [0.15, 0.2) is 48.5 Å². The molecule has 0 aliphatic rings. The number of ether oxygens (including phenoxy) is 1. The number of benzene rings is 2. The average Bonchev–Trinajstić information content (AvgIpc) is 2.42. The molecule has 100 valence electrons. The molecule has 3 heteroatoms. The zero-order chi connectivity index (χ0) is 13.7. The Morgan fingerprint density at radius 1 is 1.05 bits per heavy atom. The fraction of sp³-hybridized carbons (Fsp3) is 0.250. The van der Waals surface area contributed by atoms with Crippen LogP contribution in [0.2, 0.25) is 0 Å². The molecule has 0 bridgehead atoms. The van der Waals surface area contributed by atoms with E-state index in [1.807, 2.05) is 36.4 Å². The van der Waals surface area contributed by atoms with Crippen LogP contribution in [-0.2, 0) is 17.8 Å². The van der Waals surface area contributed by atoms with Gasteiger partial charge in [-0.25, -0.2) is 0 Å². The van der Waals surface area contributed by atoms with Crippen molar-refractivity contribution in [2.24, 2.45) is 0 Å². The van der Waals surface area contributed by atoms with Gasteiger partial charge in [-0.2, -0.15) is 0 Å². The van der Waals surface area contributed by atoms with E-state index in [9.17, 15) is 10.2 Å². The molecule has 0 spiro atoms. The third-order valence-corrected chi connectivity index (χ3v) is 3.01. The van der Waals surface area contributed by atoms with E-state index in [1.165, 1.54) is 0 Å². The molecule has 0 aliphatic heterocycles. The third kappa shape index (κ3) is 3.81. The summed E-state index contributed by atoms with van der Waals surface area (Å²) in [6.07, 6.45) is -0.0298. The minimum absolute atomic E-state index is 0.236. The maximum absolute atomic E-state index is 10.2. The fourth-order valence-corrected chi connectivity index (χ4v) is 2.03. The van der Waals surface area contributed by atoms with Crippen LogP contribution in [0.4, 0.5) is 0 Å². The summed E-state index contributed by atoms with van der Waals surface area (Å²) < 4.78 is 5.08. The highest BCUT2D eigenvalue weighted by atomic mass is 16.5. The molecular formula is C16H18O3. The van der Waals surface area contributed by atoms with Crippen LogP contribution < -0.4 is 0 Å². The summed E-state index contributed by atoms with van der Waals surface area (Å²) in [7, 11) is 1.65. The first kappa shape index (κ1) is 13.6. The van der Waals surface area contributed by atoms with Gasteiger partial charge in [0, 0.05) is 13.5 Å². The van der Waals surface area contributed by atoms with Crippen LogP contribution in [0, 0.1) is 0 Å². The molecular weight excluding hydrogens is 240 g/mol. The van der Waals surface area contributed by atoms with Crippen molar-refractivity contribution >= 4 is 0 Å². The van der Waals surface area contributed by atoms with E-state index in [2.05, 4.69) is 0 Å². The second-order valence-electron chi connectivity index (χ2n) is 4.56. The molecule has 1 unspecified atom stereocenters. The van der Waals surface area contributed by atoms with Gasteiger partial charge in [-0.05, 0) is 28.8 Å². The fourth-order valence-electron chi connectivity index (χ4n) is 2.03. The summed E-state index contributed by atoms with van der Waals surface area (Å²) in [5.41, 5.74) is 2.91. The number of phenols is 1. The van der Waals surface area contributed by atoms with Gasteiger partial charge in [0.1, 0.15) is 5.75 Å². The Bertz CT molecular complexity index is 520. The zero-order valence-corrected chi connectivity index (χ0v) is 10.9. The molecule has 1 atom stereocenters. The number of hydrogen-bond acceptors (Lipinski definition) is 3. The van der Waals surface area contributed by atoms with Gasteiger partial charge < -0.3 is 14.9 Å². The molecule has 3 nitrogen and oxygen atoms in total. The van der Waals surface area contributed by atoms with Crippen molar-refractivity contribution < 1.29 is 14.9 Å². The smallest absolute Gasteiger partial charge is 0.115 e. The van der Waals surface area contributed by atoms with E-state index in [4.69, 9.17) is 4.74 Å². The number of methoxy groups -OCH3 is 1. The maximum Gasteiger partial charge on any atom is 0.115 e. The average molecular weight is 258 g/mol. The predicted molar refractivity (Wildman–Crippen MR) is 73.9 cm³/mol. The maximum atomic E-state index is 10.2. The Morgan fingerprint density at radius 2 is 1.79 bits per heavy atom. The highest BCUT2D eigenvalue weighted by Gasteiger charge is 2.09. The van der Waals surface area contributed by atoms with Crippen LogP contribution in [0.5, 0.6) is 5.75 Å². The first-order valence-electron chi connectivity index (χ1n) is 6.23. The molecule has 2 rings (SSSR count). The third-order valence-electron chi connectivity index (χ3n) is 3.01. The zero-order valence-electron chi connectivity index (χ0n) is 10.9. The monoisotopic (exact) mass is 258 g/mol. The molecule has 0 radical (unpaired) electrons. The number of phenolic OH excluding ortho intramolecular Hbond substituents is 1. The van der Waals surface area contributed by atoms with E-state index in [1.54, 1.807) is 19.2 Å². The lowest BCUT2D eigenvalue weighted by Crippen LogP contribution is -2.02. The molecule has 2 aromatic carbocycles. The topological polar surface area (TPSA) is 49.7 Å². The van der Waals surface area contributed by atoms with Crippen LogP contribution in [-0.4, -0.2) is 17.3 Å². The van der Waals surface area contributed by atoms with Crippen LogP contribution in [0.3, 0.4) is 0 Å². The van der Waals surface area contributed by atoms with Gasteiger partial charge in [0.2, 0.25) is 0 Å². The Kier molecular flexibility index (Phi) is 4.55. The summed E-state index contributed by atoms with van der Waals surface area (Å²) in [5.74, 6) is 0.236. The molecule has 0 heterocycles. The van der Waals surface area contributed by atoms with Gasteiger partial charge in [0.15, 0.2) is 0 Å². The van der Waals surface area contributed by atoms with E-state index < -0.39 is 6.10 Å². The van der Waals surface area contributed by atoms with Crippen LogP contribution in [0.25, 0.3) is 0 Å². The van der Waals surface area contributed by atoms with Gasteiger partial charge in [-0.1, -0.05) is 36.4 Å². The molecule has 0 fully saturated rings. The van der Waals surface area contributed by atoms with E-state index in [0.29, 0.717) is 13.0 Å². The Morgan fingerprint density at radius 3 is 2.47 bits per heavy atom. The van der Waals surface area contributed by atoms with Crippen LogP contribution >= 0.6 is 0 Å². The van der Waals surface area contributed by atoms with E-state index in [-0.39, 0.29) is 5.75 Å². The SMILES string of the molecule is COCc1cccc(C(O)Cc2ccc(O)cc2)c1. The standard InChI is InChI=1S/C16H18O3/c1-19-11-13-3-2-4-14(9-13)16(18)10-12-5-7-15(17)8-6-12/h2-9,16-18H,10-11H2,1H3. The minimum atomic E-state index is -0.554. The van der Waals surface area contributed by atoms with Crippen molar-refractivity contribution in [3.8, 4) is 5.75 Å². The molecule has 19 heavy (non-hydrogen) atoms. The second-order valence-corrected chi connectivity index (χ2v) is 4.56. The van der Waals surface area contributed by atoms with Crippen molar-refractivity contribution in [3.63, 3.8) is 0 Å². The van der Waals surface area contributed by atoms with Gasteiger partial charge in [0.05, 0.1) is 12.7 Å². The number of rotatable bonds is 5. The highest BCUT2D eigenvalue weighted by Crippen LogP contribution is 2.21. The Labute approximate surface area is 113 Å². The van der Waals surface area contributed by atoms with Gasteiger partial charge in [0.25, 0.3) is 0 Å². The summed E-state index contributed by atoms with van der Waals surface area (Å²) in [5, 5.41) is 19.5. The van der Waals surface area contributed by atoms with Crippen molar-refractivity contribution in [2.75, 3.05) is 7.11 Å². The number of aromatic hydroxyl groups is 1. The molecule has 0 aromatic heterocycles. The Hall–Kier alpha value is -1.84. The Balaban J connectivity index is 2.08. The number of hydrogen-bond donors (Lipinski definition) is 2. The van der Waals surface area contributed by atoms with E-state index in [0.717, 1.165) is 16.7 Å². The van der Waals surface area contributed by atoms with Crippen LogP contribution in [0.1, 0.15) is 22.8 Å². The first-order chi connectivity index (χ1) is 9.19. The quantitative estimate of drug-likeness (QED) is 0.867. The second kappa shape index (κ2) is 6.36. The molecule has 0 aliphatic carbocycles. The normalized spacial score (nSPS) is 12.3. The van der Waals surface area contributed by atoms with Crippen molar-refractivity contribution in [1.29, 1.82) is 0 Å². The summed E-state index contributed by atoms with van der Waals surface area (Å²) in [4.78, 5) is 0. The predicted octanol–water partition coefficient (Wildman–Crippen LogP) is 2.81. The summed E-state index contributed by atoms with van der Waals surface area (Å²) in [6, 6.07) is 14.6. The van der Waals surface area contributed by atoms with Gasteiger partial charge in [-0.3, -0.25) is 0 Å². The lowest BCUT2D eigenvalue weighted by Gasteiger charge is -2.12. The van der Waals surface area contributed by atoms with Crippen molar-refractivity contribution in [2.45, 2.75) is 19.1 Å². The van der Waals surface area contributed by atoms with Crippen molar-refractivity contribution in [3.05, 3.63) is 65.2 Å². The largest absolute Gasteiger partial charge is 0.508 e. The lowest BCUT2D eigenvalue weighted by molar-refractivity contribution is 0.175. The molecule has 0 saturated heterocycles. The molecule has 2 aromatic rings. The first-order valence-corrected chi connectivity index (χ1v) is 6.23. The lowest BCUT2D eigenvalue weighted by atomic mass is 10.00. The van der Waals surface area contributed by atoms with Gasteiger partial charge >= 0.3 is 0 Å². The van der Waals surface area contributed by atoms with Crippen molar-refractivity contribution in [1.82, 2.24) is 0 Å². The van der Waals surface area contributed by atoms with E-state index >= 15 is 0 Å². The summed E-state index contributed by atoms with van der Waals surface area (Å²) >= 11 is 0. The number of aliphatic hydroxyl groups is 1. The minimum Gasteiger partial charge on any atom is -0.508 e. The number of aliphatic hydroxyl groups excluding tert-OH is 1. The summed E-state index contributed by atoms with van der Waals surface area (Å²) in [6.45, 7) is 0.541. The molecule has 0 saturated carbocycles. The molecule has 2 N–H and O–H groups in total. The van der Waals surface area contributed by atoms with Gasteiger partial charge in [-0.15, -0.1) is 0 Å². The highest BCUT2D eigenvalue weighted by molar-refractivity contribution is 5.29.